The number of hydrogen-bond donors (Lipinski definition) is 1. The number of piperazine rings is 1. The molecule has 6 nitrogen and oxygen atoms in total. The second-order valence-corrected chi connectivity index (χ2v) is 7.93. The van der Waals surface area contributed by atoms with Gasteiger partial charge in [-0.2, -0.15) is 0 Å². The number of benzene rings is 1. The number of carboxylic acids is 1. The lowest BCUT2D eigenvalue weighted by Gasteiger charge is -2.37. The molecular formula is C22H30N2O4. The van der Waals surface area contributed by atoms with Gasteiger partial charge >= 0.3 is 5.97 Å². The molecule has 0 spiro atoms. The van der Waals surface area contributed by atoms with Crippen LogP contribution >= 0.6 is 0 Å². The van der Waals surface area contributed by atoms with Crippen molar-refractivity contribution in [2.45, 2.75) is 44.9 Å². The molecule has 1 heterocycles. The summed E-state index contributed by atoms with van der Waals surface area (Å²) in [6.07, 6.45) is 4.79. The Morgan fingerprint density at radius 2 is 1.43 bits per heavy atom. The first-order chi connectivity index (χ1) is 13.5. The fraction of sp³-hybridized carbons (Fsp3) is 0.591. The van der Waals surface area contributed by atoms with Crippen LogP contribution in [0, 0.1) is 11.8 Å². The predicted molar refractivity (Wildman–Crippen MR) is 106 cm³/mol. The molecule has 1 saturated heterocycles. The van der Waals surface area contributed by atoms with E-state index in [1.54, 1.807) is 0 Å². The molecule has 0 radical (unpaired) electrons. The molecule has 1 N–H and O–H groups in total. The van der Waals surface area contributed by atoms with Gasteiger partial charge in [-0.3, -0.25) is 14.4 Å². The molecule has 1 saturated carbocycles. The second-order valence-electron chi connectivity index (χ2n) is 7.93. The van der Waals surface area contributed by atoms with Crippen molar-refractivity contribution in [2.75, 3.05) is 26.2 Å². The van der Waals surface area contributed by atoms with Gasteiger partial charge in [-0.15, -0.1) is 0 Å². The average Bonchev–Trinajstić information content (AvgIpc) is 2.74. The maximum Gasteiger partial charge on any atom is 0.306 e. The van der Waals surface area contributed by atoms with Crippen LogP contribution in [-0.2, 0) is 20.8 Å². The van der Waals surface area contributed by atoms with Crippen LogP contribution in [0.5, 0.6) is 0 Å². The third kappa shape index (κ3) is 5.33. The van der Waals surface area contributed by atoms with Gasteiger partial charge in [0.15, 0.2) is 0 Å². The van der Waals surface area contributed by atoms with Crippen LogP contribution in [0.4, 0.5) is 0 Å². The SMILES string of the molecule is O=C(O)C1CCC(C(=O)N2CCN(C(=O)CCCc3ccccc3)CC2)CC1. The van der Waals surface area contributed by atoms with E-state index in [2.05, 4.69) is 12.1 Å². The molecule has 2 aliphatic rings. The monoisotopic (exact) mass is 386 g/mol. The van der Waals surface area contributed by atoms with Crippen molar-refractivity contribution >= 4 is 17.8 Å². The molecule has 6 heteroatoms. The van der Waals surface area contributed by atoms with Crippen LogP contribution in [0.2, 0.25) is 0 Å². The van der Waals surface area contributed by atoms with E-state index in [0.29, 0.717) is 58.3 Å². The van der Waals surface area contributed by atoms with E-state index in [1.165, 1.54) is 5.56 Å². The number of rotatable bonds is 6. The van der Waals surface area contributed by atoms with Gasteiger partial charge in [0.1, 0.15) is 0 Å². The summed E-state index contributed by atoms with van der Waals surface area (Å²) in [6.45, 7) is 2.37. The highest BCUT2D eigenvalue weighted by Gasteiger charge is 2.33. The molecule has 1 aromatic carbocycles. The normalized spacial score (nSPS) is 22.7. The van der Waals surface area contributed by atoms with Gasteiger partial charge in [0.05, 0.1) is 5.92 Å². The first-order valence-electron chi connectivity index (χ1n) is 10.4. The van der Waals surface area contributed by atoms with Gasteiger partial charge in [0, 0.05) is 38.5 Å². The number of nitrogens with zero attached hydrogens (tertiary/aromatic N) is 2. The summed E-state index contributed by atoms with van der Waals surface area (Å²) < 4.78 is 0. The largest absolute Gasteiger partial charge is 0.481 e. The molecule has 1 aliphatic carbocycles. The van der Waals surface area contributed by atoms with E-state index in [1.807, 2.05) is 28.0 Å². The average molecular weight is 386 g/mol. The molecule has 0 atom stereocenters. The summed E-state index contributed by atoms with van der Waals surface area (Å²) in [5.74, 6) is -0.784. The zero-order chi connectivity index (χ0) is 19.9. The maximum absolute atomic E-state index is 12.7. The molecule has 2 amide bonds. The van der Waals surface area contributed by atoms with Gasteiger partial charge in [-0.1, -0.05) is 30.3 Å². The van der Waals surface area contributed by atoms with Crippen molar-refractivity contribution in [3.63, 3.8) is 0 Å². The molecule has 28 heavy (non-hydrogen) atoms. The zero-order valence-electron chi connectivity index (χ0n) is 16.4. The van der Waals surface area contributed by atoms with Crippen LogP contribution in [0.25, 0.3) is 0 Å². The first kappa shape index (κ1) is 20.4. The molecular weight excluding hydrogens is 356 g/mol. The maximum atomic E-state index is 12.7. The topological polar surface area (TPSA) is 77.9 Å². The minimum Gasteiger partial charge on any atom is -0.481 e. The molecule has 3 rings (SSSR count). The van der Waals surface area contributed by atoms with Crippen LogP contribution in [0.3, 0.4) is 0 Å². The minimum absolute atomic E-state index is 0.0521. The van der Waals surface area contributed by atoms with Gasteiger partial charge in [0.25, 0.3) is 0 Å². The molecule has 2 fully saturated rings. The first-order valence-corrected chi connectivity index (χ1v) is 10.4. The second kappa shape index (κ2) is 9.71. The van der Waals surface area contributed by atoms with Gasteiger partial charge in [-0.25, -0.2) is 0 Å². The van der Waals surface area contributed by atoms with Crippen molar-refractivity contribution in [2.24, 2.45) is 11.8 Å². The summed E-state index contributed by atoms with van der Waals surface area (Å²) in [4.78, 5) is 39.9. The lowest BCUT2D eigenvalue weighted by Crippen LogP contribution is -2.52. The molecule has 152 valence electrons. The molecule has 1 aromatic rings. The van der Waals surface area contributed by atoms with E-state index in [9.17, 15) is 14.4 Å². The fourth-order valence-corrected chi connectivity index (χ4v) is 4.27. The van der Waals surface area contributed by atoms with Crippen LogP contribution in [0.1, 0.15) is 44.1 Å². The summed E-state index contributed by atoms with van der Waals surface area (Å²) >= 11 is 0. The van der Waals surface area contributed by atoms with Gasteiger partial charge in [-0.05, 0) is 44.1 Å². The van der Waals surface area contributed by atoms with Crippen molar-refractivity contribution in [3.05, 3.63) is 35.9 Å². The van der Waals surface area contributed by atoms with Crippen molar-refractivity contribution in [1.29, 1.82) is 0 Å². The Morgan fingerprint density at radius 1 is 0.857 bits per heavy atom. The van der Waals surface area contributed by atoms with E-state index in [0.717, 1.165) is 12.8 Å². The van der Waals surface area contributed by atoms with E-state index in [4.69, 9.17) is 5.11 Å². The van der Waals surface area contributed by atoms with Crippen molar-refractivity contribution < 1.29 is 19.5 Å². The van der Waals surface area contributed by atoms with Crippen LogP contribution in [0.15, 0.2) is 30.3 Å². The summed E-state index contributed by atoms with van der Waals surface area (Å²) in [6, 6.07) is 10.2. The third-order valence-corrected chi connectivity index (χ3v) is 6.07. The third-order valence-electron chi connectivity index (χ3n) is 6.07. The smallest absolute Gasteiger partial charge is 0.306 e. The number of carboxylic acid groups (broad SMARTS) is 1. The number of aryl methyl sites for hydroxylation is 1. The Bertz CT molecular complexity index is 675. The number of carbonyl (C=O) groups excluding carboxylic acids is 2. The van der Waals surface area contributed by atoms with Crippen molar-refractivity contribution in [3.8, 4) is 0 Å². The lowest BCUT2D eigenvalue weighted by molar-refractivity contribution is -0.147. The molecule has 0 bridgehead atoms. The van der Waals surface area contributed by atoms with Crippen LogP contribution in [-0.4, -0.2) is 58.9 Å². The highest BCUT2D eigenvalue weighted by atomic mass is 16.4. The lowest BCUT2D eigenvalue weighted by atomic mass is 9.81. The quantitative estimate of drug-likeness (QED) is 0.815. The number of carbonyl (C=O) groups is 3. The molecule has 0 aromatic heterocycles. The Morgan fingerprint density at radius 3 is 2.04 bits per heavy atom. The Labute approximate surface area is 166 Å². The summed E-state index contributed by atoms with van der Waals surface area (Å²) in [5.41, 5.74) is 1.25. The van der Waals surface area contributed by atoms with Crippen molar-refractivity contribution in [1.82, 2.24) is 9.80 Å². The number of amides is 2. The Hall–Kier alpha value is -2.37. The highest BCUT2D eigenvalue weighted by molar-refractivity contribution is 5.80. The number of aliphatic carboxylic acids is 1. The van der Waals surface area contributed by atoms with E-state index in [-0.39, 0.29) is 23.7 Å². The number of hydrogen-bond acceptors (Lipinski definition) is 3. The predicted octanol–water partition coefficient (Wildman–Crippen LogP) is 2.57. The highest BCUT2D eigenvalue weighted by Crippen LogP contribution is 2.30. The van der Waals surface area contributed by atoms with E-state index >= 15 is 0 Å². The van der Waals surface area contributed by atoms with Crippen LogP contribution < -0.4 is 0 Å². The Kier molecular flexibility index (Phi) is 7.06. The molecule has 0 unspecified atom stereocenters. The Balaban J connectivity index is 1.37. The molecule has 1 aliphatic heterocycles. The summed E-state index contributed by atoms with van der Waals surface area (Å²) in [5, 5.41) is 9.09. The summed E-state index contributed by atoms with van der Waals surface area (Å²) in [7, 11) is 0. The van der Waals surface area contributed by atoms with Gasteiger partial charge < -0.3 is 14.9 Å². The standard InChI is InChI=1S/C22H30N2O4/c25-20(8-4-7-17-5-2-1-3-6-17)23-13-15-24(16-14-23)21(26)18-9-11-19(12-10-18)22(27)28/h1-3,5-6,18-19H,4,7-16H2,(H,27,28). The minimum atomic E-state index is -0.745. The van der Waals surface area contributed by atoms with Gasteiger partial charge in [0.2, 0.25) is 11.8 Å². The zero-order valence-corrected chi connectivity index (χ0v) is 16.4. The fourth-order valence-electron chi connectivity index (χ4n) is 4.27. The van der Waals surface area contributed by atoms with E-state index < -0.39 is 5.97 Å².